The van der Waals surface area contributed by atoms with E-state index in [1.54, 1.807) is 23.6 Å². The van der Waals surface area contributed by atoms with Gasteiger partial charge in [-0.3, -0.25) is 0 Å². The van der Waals surface area contributed by atoms with Crippen LogP contribution in [0.5, 0.6) is 0 Å². The van der Waals surface area contributed by atoms with Crippen molar-refractivity contribution in [2.24, 2.45) is 0 Å². The van der Waals surface area contributed by atoms with Crippen molar-refractivity contribution in [1.82, 2.24) is 18.8 Å². The lowest BCUT2D eigenvalue weighted by molar-refractivity contribution is 0.0952. The average Bonchev–Trinajstić information content (AvgIpc) is 3.16. The summed E-state index contributed by atoms with van der Waals surface area (Å²) in [7, 11) is -3.38. The first-order chi connectivity index (χ1) is 16.4. The van der Waals surface area contributed by atoms with Gasteiger partial charge in [0.05, 0.1) is 28.9 Å². The van der Waals surface area contributed by atoms with Gasteiger partial charge >= 0.3 is 0 Å². The molecule has 1 aliphatic heterocycles. The van der Waals surface area contributed by atoms with Gasteiger partial charge in [0.1, 0.15) is 23.3 Å². The molecule has 0 amide bonds. The van der Waals surface area contributed by atoms with E-state index in [1.807, 2.05) is 13.8 Å². The van der Waals surface area contributed by atoms with E-state index in [9.17, 15) is 18.6 Å². The van der Waals surface area contributed by atoms with Crippen molar-refractivity contribution in [3.8, 4) is 11.1 Å². The third-order valence-corrected chi connectivity index (χ3v) is 7.75. The number of piperidine rings is 1. The quantitative estimate of drug-likeness (QED) is 0.451. The molecule has 3 aromatic rings. The third-order valence-electron chi connectivity index (χ3n) is 6.18. The van der Waals surface area contributed by atoms with Crippen molar-refractivity contribution < 1.29 is 23.0 Å². The number of fused-ring (bicyclic) bond motifs is 1. The van der Waals surface area contributed by atoms with E-state index in [0.29, 0.717) is 39.7 Å². The van der Waals surface area contributed by atoms with Crippen LogP contribution in [0.1, 0.15) is 45.2 Å². The zero-order valence-corrected chi connectivity index (χ0v) is 21.5. The summed E-state index contributed by atoms with van der Waals surface area (Å²) < 4.78 is 41.7. The van der Waals surface area contributed by atoms with E-state index in [4.69, 9.17) is 11.6 Å². The normalized spacial score (nSPS) is 20.5. The number of anilines is 1. The first kappa shape index (κ1) is 25.8. The minimum atomic E-state index is -3.38. The number of nitrogens with one attached hydrogen (secondary N) is 1. The van der Waals surface area contributed by atoms with Gasteiger partial charge in [0.25, 0.3) is 0 Å². The molecule has 3 N–H and O–H groups in total. The molecule has 1 aromatic carbocycles. The lowest BCUT2D eigenvalue weighted by atomic mass is 10.0. The predicted molar refractivity (Wildman–Crippen MR) is 133 cm³/mol. The maximum absolute atomic E-state index is 15.1. The van der Waals surface area contributed by atoms with Gasteiger partial charge in [-0.2, -0.15) is 4.31 Å². The summed E-state index contributed by atoms with van der Waals surface area (Å²) in [6.45, 7) is 5.72. The van der Waals surface area contributed by atoms with Crippen LogP contribution < -0.4 is 5.32 Å². The van der Waals surface area contributed by atoms with E-state index < -0.39 is 34.1 Å². The zero-order valence-electron chi connectivity index (χ0n) is 19.9. The molecule has 1 fully saturated rings. The van der Waals surface area contributed by atoms with Crippen LogP contribution in [0.25, 0.3) is 22.2 Å². The smallest absolute Gasteiger partial charge is 0.211 e. The number of benzene rings is 1. The molecule has 1 aliphatic rings. The number of imidazole rings is 1. The second kappa shape index (κ2) is 9.62. The van der Waals surface area contributed by atoms with Crippen molar-refractivity contribution in [2.75, 3.05) is 24.7 Å². The number of halogens is 2. The molecule has 0 saturated carbocycles. The molecule has 12 heteroatoms. The number of aliphatic hydroxyl groups is 2. The molecule has 0 radical (unpaired) electrons. The van der Waals surface area contributed by atoms with Crippen LogP contribution in [0.2, 0.25) is 5.02 Å². The standard InChI is InChI=1S/C23H29ClFN5O4S/c1-12(2)30-19-8-14(7-17(25)22(19)28-23(30)13(3)31)15-9-21(26-10-16(15)24)27-18-5-6-29(11-20(18)32)35(4,33)34/h7-10,12-13,18,20,31-32H,5-6,11H2,1-4H3,(H,26,27)/t13?,18-,20-/m1/s1. The zero-order chi connectivity index (χ0) is 25.7. The molecule has 3 atom stereocenters. The Bertz CT molecular complexity index is 1360. The van der Waals surface area contributed by atoms with Gasteiger partial charge in [-0.25, -0.2) is 22.8 Å². The number of nitrogens with zero attached hydrogens (tertiary/aromatic N) is 4. The molecule has 3 heterocycles. The van der Waals surface area contributed by atoms with Crippen LogP contribution >= 0.6 is 11.6 Å². The summed E-state index contributed by atoms with van der Waals surface area (Å²) in [6.07, 6.45) is 1.16. The topological polar surface area (TPSA) is 121 Å². The molecule has 1 unspecified atom stereocenters. The molecular formula is C23H29ClFN5O4S. The Hall–Kier alpha value is -2.31. The van der Waals surface area contributed by atoms with Crippen molar-refractivity contribution in [2.45, 2.75) is 51.5 Å². The van der Waals surface area contributed by atoms with E-state index in [2.05, 4.69) is 15.3 Å². The Balaban J connectivity index is 1.69. The number of β-amino-alcohol motifs (C(OH)–C–C–N with tert-alkyl or cyclic N) is 1. The van der Waals surface area contributed by atoms with Crippen LogP contribution in [0, 0.1) is 5.82 Å². The van der Waals surface area contributed by atoms with Crippen molar-refractivity contribution >= 4 is 38.5 Å². The van der Waals surface area contributed by atoms with E-state index in [1.165, 1.54) is 16.6 Å². The Kier molecular flexibility index (Phi) is 7.09. The molecule has 1 saturated heterocycles. The van der Waals surface area contributed by atoms with Gasteiger partial charge in [-0.15, -0.1) is 0 Å². The molecular weight excluding hydrogens is 497 g/mol. The summed E-state index contributed by atoms with van der Waals surface area (Å²) in [5, 5.41) is 24.1. The number of rotatable bonds is 6. The number of hydrogen-bond acceptors (Lipinski definition) is 7. The lowest BCUT2D eigenvalue weighted by Crippen LogP contribution is -2.51. The molecule has 35 heavy (non-hydrogen) atoms. The second-order valence-electron chi connectivity index (χ2n) is 9.21. The number of pyridine rings is 1. The molecule has 190 valence electrons. The number of aromatic nitrogens is 3. The van der Waals surface area contributed by atoms with Crippen LogP contribution in [0.3, 0.4) is 0 Å². The fourth-order valence-electron chi connectivity index (χ4n) is 4.46. The Labute approximate surface area is 208 Å². The van der Waals surface area contributed by atoms with Gasteiger partial charge in [0.2, 0.25) is 10.0 Å². The Morgan fingerprint density at radius 1 is 1.26 bits per heavy atom. The number of sulfonamides is 1. The van der Waals surface area contributed by atoms with Crippen LogP contribution in [-0.2, 0) is 10.0 Å². The predicted octanol–water partition coefficient (Wildman–Crippen LogP) is 3.33. The van der Waals surface area contributed by atoms with E-state index in [-0.39, 0.29) is 24.6 Å². The average molecular weight is 526 g/mol. The number of aliphatic hydroxyl groups excluding tert-OH is 2. The Morgan fingerprint density at radius 2 is 1.97 bits per heavy atom. The molecule has 4 rings (SSSR count). The minimum absolute atomic E-state index is 0.0103. The van der Waals surface area contributed by atoms with Gasteiger partial charge in [0.15, 0.2) is 5.82 Å². The summed E-state index contributed by atoms with van der Waals surface area (Å²) in [5.74, 6) is 0.261. The summed E-state index contributed by atoms with van der Waals surface area (Å²) in [6, 6.07) is 4.32. The first-order valence-electron chi connectivity index (χ1n) is 11.3. The molecule has 9 nitrogen and oxygen atoms in total. The SMILES string of the molecule is CC(O)c1nc2c(F)cc(-c3cc(N[C@@H]4CCN(S(C)(=O)=O)C[C@H]4O)ncc3Cl)cc2n1C(C)C. The maximum Gasteiger partial charge on any atom is 0.211 e. The van der Waals surface area contributed by atoms with Crippen molar-refractivity contribution in [1.29, 1.82) is 0 Å². The van der Waals surface area contributed by atoms with Crippen molar-refractivity contribution in [3.63, 3.8) is 0 Å². The largest absolute Gasteiger partial charge is 0.390 e. The van der Waals surface area contributed by atoms with Crippen LogP contribution in [0.4, 0.5) is 10.2 Å². The minimum Gasteiger partial charge on any atom is -0.390 e. The monoisotopic (exact) mass is 525 g/mol. The third kappa shape index (κ3) is 5.14. The fourth-order valence-corrected chi connectivity index (χ4v) is 5.54. The summed E-state index contributed by atoms with van der Waals surface area (Å²) >= 11 is 6.44. The summed E-state index contributed by atoms with van der Waals surface area (Å²) in [5.41, 5.74) is 1.75. The highest BCUT2D eigenvalue weighted by molar-refractivity contribution is 7.88. The first-order valence-corrected chi connectivity index (χ1v) is 13.5. The maximum atomic E-state index is 15.1. The second-order valence-corrected chi connectivity index (χ2v) is 11.6. The van der Waals surface area contributed by atoms with Crippen molar-refractivity contribution in [3.05, 3.63) is 41.1 Å². The van der Waals surface area contributed by atoms with Gasteiger partial charge in [-0.05, 0) is 51.0 Å². The molecule has 0 spiro atoms. The lowest BCUT2D eigenvalue weighted by Gasteiger charge is -2.35. The van der Waals surface area contributed by atoms with E-state index >= 15 is 4.39 Å². The summed E-state index contributed by atoms with van der Waals surface area (Å²) in [4.78, 5) is 8.61. The van der Waals surface area contributed by atoms with Crippen LogP contribution in [-0.4, -0.2) is 69.0 Å². The van der Waals surface area contributed by atoms with Gasteiger partial charge < -0.3 is 20.1 Å². The fraction of sp³-hybridized carbons (Fsp3) is 0.478. The van der Waals surface area contributed by atoms with E-state index in [0.717, 1.165) is 6.26 Å². The molecule has 2 aromatic heterocycles. The molecule has 0 bridgehead atoms. The Morgan fingerprint density at radius 3 is 2.57 bits per heavy atom. The highest BCUT2D eigenvalue weighted by Gasteiger charge is 2.32. The van der Waals surface area contributed by atoms with Gasteiger partial charge in [0, 0.05) is 30.9 Å². The highest BCUT2D eigenvalue weighted by Crippen LogP contribution is 2.35. The van der Waals surface area contributed by atoms with Gasteiger partial charge in [-0.1, -0.05) is 11.6 Å². The number of hydrogen-bond donors (Lipinski definition) is 3. The van der Waals surface area contributed by atoms with Crippen LogP contribution in [0.15, 0.2) is 24.4 Å². The highest BCUT2D eigenvalue weighted by atomic mass is 35.5. The molecule has 0 aliphatic carbocycles.